The van der Waals surface area contributed by atoms with Crippen molar-refractivity contribution in [3.8, 4) is 11.8 Å². The third-order valence-corrected chi connectivity index (χ3v) is 2.11. The maximum Gasteiger partial charge on any atom is 0.384 e. The summed E-state index contributed by atoms with van der Waals surface area (Å²) in [7, 11) is 2.50. The highest BCUT2D eigenvalue weighted by Gasteiger charge is 2.09. The molecule has 78 valence electrons. The Morgan fingerprint density at radius 1 is 1.40 bits per heavy atom. The van der Waals surface area contributed by atoms with Crippen LogP contribution in [0.5, 0.6) is 0 Å². The van der Waals surface area contributed by atoms with E-state index in [2.05, 4.69) is 26.3 Å². The van der Waals surface area contributed by atoms with Gasteiger partial charge in [-0.15, -0.1) is 11.3 Å². The number of nitrogens with zero attached hydrogens (tertiary/aromatic N) is 1. The van der Waals surface area contributed by atoms with Crippen LogP contribution in [0.15, 0.2) is 5.38 Å². The van der Waals surface area contributed by atoms with E-state index < -0.39 is 11.9 Å². The summed E-state index contributed by atoms with van der Waals surface area (Å²) < 4.78 is 8.78. The summed E-state index contributed by atoms with van der Waals surface area (Å²) in [6, 6.07) is 0. The van der Waals surface area contributed by atoms with Gasteiger partial charge in [-0.1, -0.05) is 0 Å². The van der Waals surface area contributed by atoms with E-state index in [9.17, 15) is 9.59 Å². The highest BCUT2D eigenvalue weighted by Crippen LogP contribution is 2.08. The average molecular weight is 225 g/mol. The summed E-state index contributed by atoms with van der Waals surface area (Å²) in [5.74, 6) is 3.49. The molecule has 0 fully saturated rings. The van der Waals surface area contributed by atoms with E-state index >= 15 is 0 Å². The summed E-state index contributed by atoms with van der Waals surface area (Å²) in [5.41, 5.74) is 0.177. The molecule has 0 unspecified atom stereocenters. The number of esters is 2. The number of carbonyl (C=O) groups excluding carboxylic acids is 2. The van der Waals surface area contributed by atoms with Crippen molar-refractivity contribution >= 4 is 23.3 Å². The number of rotatable bonds is 1. The molecule has 5 nitrogen and oxygen atoms in total. The number of methoxy groups -OCH3 is 2. The van der Waals surface area contributed by atoms with Gasteiger partial charge in [-0.2, -0.15) is 0 Å². The molecule has 0 N–H and O–H groups in total. The Balaban J connectivity index is 2.79. The van der Waals surface area contributed by atoms with E-state index in [1.54, 1.807) is 0 Å². The van der Waals surface area contributed by atoms with Crippen molar-refractivity contribution in [3.05, 3.63) is 16.1 Å². The van der Waals surface area contributed by atoms with Gasteiger partial charge < -0.3 is 9.47 Å². The molecule has 0 aliphatic rings. The molecule has 0 spiro atoms. The van der Waals surface area contributed by atoms with Crippen LogP contribution < -0.4 is 0 Å². The van der Waals surface area contributed by atoms with Crippen molar-refractivity contribution < 1.29 is 19.1 Å². The molecule has 0 saturated carbocycles. The topological polar surface area (TPSA) is 65.5 Å². The Morgan fingerprint density at radius 3 is 2.73 bits per heavy atom. The molecule has 1 aromatic rings. The molecular formula is C9H7NO4S. The summed E-state index contributed by atoms with van der Waals surface area (Å²) in [6.45, 7) is 0. The first kappa shape index (κ1) is 11.2. The van der Waals surface area contributed by atoms with Crippen molar-refractivity contribution in [2.24, 2.45) is 0 Å². The number of hydrogen-bond acceptors (Lipinski definition) is 6. The van der Waals surface area contributed by atoms with E-state index in [1.165, 1.54) is 19.6 Å². The fraction of sp³-hybridized carbons (Fsp3) is 0.222. The minimum absolute atomic E-state index is 0.177. The monoisotopic (exact) mass is 225 g/mol. The second-order valence-corrected chi connectivity index (χ2v) is 3.13. The van der Waals surface area contributed by atoms with Gasteiger partial charge in [-0.25, -0.2) is 14.6 Å². The Bertz CT molecular complexity index is 440. The maximum atomic E-state index is 11.0. The summed E-state index contributed by atoms with van der Waals surface area (Å²) in [4.78, 5) is 25.5. The molecule has 1 aromatic heterocycles. The predicted molar refractivity (Wildman–Crippen MR) is 52.3 cm³/mol. The van der Waals surface area contributed by atoms with E-state index in [1.807, 2.05) is 0 Å². The number of carbonyl (C=O) groups is 2. The minimum Gasteiger partial charge on any atom is -0.464 e. The standard InChI is InChI=1S/C9H7NO4S/c1-13-8(11)4-3-7-10-6(5-15-7)9(12)14-2/h5H,1-2H3. The van der Waals surface area contributed by atoms with Crippen molar-refractivity contribution in [3.63, 3.8) is 0 Å². The first-order valence-corrected chi connectivity index (χ1v) is 4.69. The molecule has 6 heteroatoms. The Labute approximate surface area is 90.0 Å². The molecule has 0 radical (unpaired) electrons. The Hall–Kier alpha value is -1.87. The second kappa shape index (κ2) is 5.12. The third-order valence-electron chi connectivity index (χ3n) is 1.36. The summed E-state index contributed by atoms with van der Waals surface area (Å²) in [6.07, 6.45) is 0. The van der Waals surface area contributed by atoms with Gasteiger partial charge in [0.2, 0.25) is 0 Å². The summed E-state index contributed by atoms with van der Waals surface area (Å²) >= 11 is 1.15. The van der Waals surface area contributed by atoms with Crippen LogP contribution in [0.1, 0.15) is 15.5 Å². The van der Waals surface area contributed by atoms with Crippen molar-refractivity contribution in [1.82, 2.24) is 4.98 Å². The van der Waals surface area contributed by atoms with Gasteiger partial charge in [0.1, 0.15) is 0 Å². The van der Waals surface area contributed by atoms with Gasteiger partial charge in [0.15, 0.2) is 10.7 Å². The van der Waals surface area contributed by atoms with Crippen LogP contribution in [-0.4, -0.2) is 31.1 Å². The molecule has 0 aromatic carbocycles. The highest BCUT2D eigenvalue weighted by atomic mass is 32.1. The van der Waals surface area contributed by atoms with Gasteiger partial charge in [-0.3, -0.25) is 0 Å². The lowest BCUT2D eigenvalue weighted by Gasteiger charge is -1.89. The largest absolute Gasteiger partial charge is 0.464 e. The smallest absolute Gasteiger partial charge is 0.384 e. The lowest BCUT2D eigenvalue weighted by atomic mass is 10.5. The normalized spacial score (nSPS) is 8.67. The van der Waals surface area contributed by atoms with E-state index in [4.69, 9.17) is 0 Å². The number of hydrogen-bond donors (Lipinski definition) is 0. The van der Waals surface area contributed by atoms with E-state index in [0.29, 0.717) is 5.01 Å². The highest BCUT2D eigenvalue weighted by molar-refractivity contribution is 7.10. The van der Waals surface area contributed by atoms with Crippen LogP contribution in [-0.2, 0) is 14.3 Å². The second-order valence-electron chi connectivity index (χ2n) is 2.27. The number of thiazole rings is 1. The number of ether oxygens (including phenoxy) is 2. The molecule has 0 aliphatic heterocycles. The lowest BCUT2D eigenvalue weighted by Crippen LogP contribution is -2.01. The molecule has 0 amide bonds. The first-order valence-electron chi connectivity index (χ1n) is 3.81. The molecule has 1 heterocycles. The van der Waals surface area contributed by atoms with Crippen LogP contribution in [0.4, 0.5) is 0 Å². The van der Waals surface area contributed by atoms with E-state index in [-0.39, 0.29) is 5.69 Å². The van der Waals surface area contributed by atoms with Crippen LogP contribution in [0.25, 0.3) is 0 Å². The predicted octanol–water partition coefficient (Wildman–Crippen LogP) is 0.454. The first-order chi connectivity index (χ1) is 7.17. The fourth-order valence-corrected chi connectivity index (χ4v) is 1.32. The maximum absolute atomic E-state index is 11.0. The molecule has 1 rings (SSSR count). The fourth-order valence-electron chi connectivity index (χ4n) is 0.685. The number of aromatic nitrogens is 1. The van der Waals surface area contributed by atoms with Crippen LogP contribution in [0, 0.1) is 11.8 Å². The van der Waals surface area contributed by atoms with Crippen LogP contribution >= 0.6 is 11.3 Å². The Kier molecular flexibility index (Phi) is 3.83. The van der Waals surface area contributed by atoms with Crippen LogP contribution in [0.2, 0.25) is 0 Å². The van der Waals surface area contributed by atoms with E-state index in [0.717, 1.165) is 11.3 Å². The van der Waals surface area contributed by atoms with Crippen LogP contribution in [0.3, 0.4) is 0 Å². The summed E-state index contributed by atoms with van der Waals surface area (Å²) in [5, 5.41) is 1.87. The van der Waals surface area contributed by atoms with Crippen molar-refractivity contribution in [2.75, 3.05) is 14.2 Å². The van der Waals surface area contributed by atoms with Gasteiger partial charge >= 0.3 is 11.9 Å². The van der Waals surface area contributed by atoms with Crippen molar-refractivity contribution in [2.45, 2.75) is 0 Å². The molecule has 15 heavy (non-hydrogen) atoms. The minimum atomic E-state index is -0.648. The average Bonchev–Trinajstić information content (AvgIpc) is 2.73. The molecule has 0 atom stereocenters. The Morgan fingerprint density at radius 2 is 2.13 bits per heavy atom. The zero-order valence-corrected chi connectivity index (χ0v) is 8.88. The molecular weight excluding hydrogens is 218 g/mol. The van der Waals surface area contributed by atoms with Gasteiger partial charge in [0, 0.05) is 11.3 Å². The third kappa shape index (κ3) is 3.07. The quantitative estimate of drug-likeness (QED) is 0.513. The molecule has 0 bridgehead atoms. The molecule has 0 saturated heterocycles. The van der Waals surface area contributed by atoms with Gasteiger partial charge in [0.05, 0.1) is 14.2 Å². The zero-order valence-electron chi connectivity index (χ0n) is 8.07. The zero-order chi connectivity index (χ0) is 11.3. The lowest BCUT2D eigenvalue weighted by molar-refractivity contribution is -0.133. The van der Waals surface area contributed by atoms with Gasteiger partial charge in [0.25, 0.3) is 0 Å². The van der Waals surface area contributed by atoms with Crippen molar-refractivity contribution in [1.29, 1.82) is 0 Å². The van der Waals surface area contributed by atoms with Gasteiger partial charge in [-0.05, 0) is 5.92 Å². The molecule has 0 aliphatic carbocycles. The SMILES string of the molecule is COC(=O)C#Cc1nc(C(=O)OC)cs1.